The number of rotatable bonds is 11. The maximum atomic E-state index is 13.1. The number of benzene rings is 3. The lowest BCUT2D eigenvalue weighted by atomic mass is 10.2. The molecule has 5 nitrogen and oxygen atoms in total. The summed E-state index contributed by atoms with van der Waals surface area (Å²) in [7, 11) is -3.71. The Labute approximate surface area is 225 Å². The summed E-state index contributed by atoms with van der Waals surface area (Å²) >= 11 is 15.3. The topological polar surface area (TPSA) is 66.5 Å². The monoisotopic (exact) mass is 568 g/mol. The second kappa shape index (κ2) is 12.9. The van der Waals surface area contributed by atoms with E-state index in [4.69, 9.17) is 23.2 Å². The Bertz CT molecular complexity index is 1250. The summed E-state index contributed by atoms with van der Waals surface area (Å²) in [6, 6.07) is 18.8. The highest BCUT2D eigenvalue weighted by Gasteiger charge is 2.23. The van der Waals surface area contributed by atoms with E-state index < -0.39 is 10.0 Å². The summed E-state index contributed by atoms with van der Waals surface area (Å²) in [5.41, 5.74) is 1.98. The van der Waals surface area contributed by atoms with E-state index in [1.807, 2.05) is 12.3 Å². The van der Waals surface area contributed by atoms with Gasteiger partial charge in [0.15, 0.2) is 0 Å². The van der Waals surface area contributed by atoms with Crippen LogP contribution in [0.4, 0.5) is 5.69 Å². The molecule has 0 saturated heterocycles. The number of carbonyl (C=O) groups is 1. The molecular weight excluding hydrogens is 543 g/mol. The maximum absolute atomic E-state index is 13.1. The lowest BCUT2D eigenvalue weighted by molar-refractivity contribution is 0.0956. The van der Waals surface area contributed by atoms with Gasteiger partial charge >= 0.3 is 0 Å². The zero-order chi connectivity index (χ0) is 25.4. The first-order chi connectivity index (χ1) is 16.8. The van der Waals surface area contributed by atoms with Crippen molar-refractivity contribution in [3.8, 4) is 0 Å². The number of hydrogen-bond donors (Lipinski definition) is 1. The summed E-state index contributed by atoms with van der Waals surface area (Å²) in [6.45, 7) is 2.55. The summed E-state index contributed by atoms with van der Waals surface area (Å²) < 4.78 is 27.6. The highest BCUT2D eigenvalue weighted by atomic mass is 35.5. The highest BCUT2D eigenvalue weighted by molar-refractivity contribution is 7.98. The van der Waals surface area contributed by atoms with Crippen molar-refractivity contribution < 1.29 is 13.2 Å². The van der Waals surface area contributed by atoms with Crippen LogP contribution in [0.2, 0.25) is 10.0 Å². The molecular formula is C25H26Cl2N2O3S3. The molecule has 0 fully saturated rings. The molecule has 0 aliphatic carbocycles. The van der Waals surface area contributed by atoms with E-state index in [-0.39, 0.29) is 17.3 Å². The summed E-state index contributed by atoms with van der Waals surface area (Å²) in [5, 5.41) is 4.13. The van der Waals surface area contributed by atoms with Gasteiger partial charge in [0.05, 0.1) is 10.6 Å². The molecule has 0 atom stereocenters. The van der Waals surface area contributed by atoms with Gasteiger partial charge in [-0.25, -0.2) is 8.42 Å². The van der Waals surface area contributed by atoms with Gasteiger partial charge in [-0.05, 0) is 79.4 Å². The smallest absolute Gasteiger partial charge is 0.264 e. The van der Waals surface area contributed by atoms with Crippen LogP contribution in [0.15, 0.2) is 76.5 Å². The molecule has 0 aromatic heterocycles. The van der Waals surface area contributed by atoms with Crippen LogP contribution in [-0.2, 0) is 15.8 Å². The SMILES string of the molecule is CCN(c1ccc(C(=O)NCCSCc2ccc(Cl)cc2Cl)cc1)S(=O)(=O)c1ccc(SC)cc1. The molecule has 0 spiro atoms. The molecule has 1 N–H and O–H groups in total. The summed E-state index contributed by atoms with van der Waals surface area (Å²) in [5.74, 6) is 1.24. The normalized spacial score (nSPS) is 11.3. The third-order valence-corrected chi connectivity index (χ3v) is 9.41. The van der Waals surface area contributed by atoms with E-state index in [9.17, 15) is 13.2 Å². The van der Waals surface area contributed by atoms with Crippen molar-refractivity contribution >= 4 is 68.3 Å². The molecule has 3 aromatic carbocycles. The second-order valence-corrected chi connectivity index (χ2v) is 12.1. The van der Waals surface area contributed by atoms with E-state index in [0.29, 0.717) is 27.8 Å². The molecule has 10 heteroatoms. The molecule has 3 aromatic rings. The third-order valence-electron chi connectivity index (χ3n) is 5.16. The van der Waals surface area contributed by atoms with Crippen molar-refractivity contribution in [2.45, 2.75) is 22.5 Å². The molecule has 3 rings (SSSR count). The van der Waals surface area contributed by atoms with Gasteiger partial charge < -0.3 is 5.32 Å². The van der Waals surface area contributed by atoms with Crippen molar-refractivity contribution in [2.75, 3.05) is 29.4 Å². The minimum absolute atomic E-state index is 0.208. The number of halogens is 2. The van der Waals surface area contributed by atoms with E-state index in [0.717, 1.165) is 22.0 Å². The van der Waals surface area contributed by atoms with Crippen molar-refractivity contribution in [1.82, 2.24) is 5.32 Å². The van der Waals surface area contributed by atoms with Crippen LogP contribution in [-0.4, -0.2) is 39.4 Å². The zero-order valence-electron chi connectivity index (χ0n) is 19.3. The highest BCUT2D eigenvalue weighted by Crippen LogP contribution is 2.26. The number of nitrogens with zero attached hydrogens (tertiary/aromatic N) is 1. The van der Waals surface area contributed by atoms with Crippen molar-refractivity contribution in [3.05, 3.63) is 87.9 Å². The van der Waals surface area contributed by atoms with Crippen molar-refractivity contribution in [2.24, 2.45) is 0 Å². The van der Waals surface area contributed by atoms with E-state index in [1.165, 1.54) is 4.31 Å². The standard InChI is InChI=1S/C25H26Cl2N2O3S3/c1-3-29(35(31,32)23-12-10-22(33-2)11-13-23)21-8-5-18(6-9-21)25(30)28-14-15-34-17-19-4-7-20(26)16-24(19)27/h4-13,16H,3,14-15,17H2,1-2H3,(H,28,30). The number of amides is 1. The van der Waals surface area contributed by atoms with Crippen LogP contribution in [0.5, 0.6) is 0 Å². The van der Waals surface area contributed by atoms with Gasteiger partial charge in [0, 0.05) is 45.1 Å². The first-order valence-electron chi connectivity index (χ1n) is 10.8. The second-order valence-electron chi connectivity index (χ2n) is 7.44. The summed E-state index contributed by atoms with van der Waals surface area (Å²) in [6.07, 6.45) is 1.94. The van der Waals surface area contributed by atoms with Gasteiger partial charge in [-0.1, -0.05) is 29.3 Å². The van der Waals surface area contributed by atoms with Crippen LogP contribution >= 0.6 is 46.7 Å². The number of hydrogen-bond acceptors (Lipinski definition) is 5. The summed E-state index contributed by atoms with van der Waals surface area (Å²) in [4.78, 5) is 13.7. The molecule has 0 radical (unpaired) electrons. The van der Waals surface area contributed by atoms with Crippen LogP contribution in [0, 0.1) is 0 Å². The molecule has 186 valence electrons. The van der Waals surface area contributed by atoms with Gasteiger partial charge in [0.1, 0.15) is 0 Å². The third kappa shape index (κ3) is 7.33. The molecule has 1 amide bonds. The number of anilines is 1. The van der Waals surface area contributed by atoms with E-state index in [1.54, 1.807) is 91.1 Å². The maximum Gasteiger partial charge on any atom is 0.264 e. The number of sulfonamides is 1. The van der Waals surface area contributed by atoms with Crippen LogP contribution < -0.4 is 9.62 Å². The van der Waals surface area contributed by atoms with Gasteiger partial charge in [-0.3, -0.25) is 9.10 Å². The molecule has 35 heavy (non-hydrogen) atoms. The van der Waals surface area contributed by atoms with Crippen LogP contribution in [0.1, 0.15) is 22.8 Å². The largest absolute Gasteiger partial charge is 0.351 e. The number of carbonyl (C=O) groups excluding carboxylic acids is 1. The molecule has 0 aliphatic rings. The fourth-order valence-electron chi connectivity index (χ4n) is 3.30. The van der Waals surface area contributed by atoms with E-state index in [2.05, 4.69) is 5.32 Å². The minimum atomic E-state index is -3.71. The van der Waals surface area contributed by atoms with E-state index >= 15 is 0 Å². The quantitative estimate of drug-likeness (QED) is 0.208. The molecule has 0 saturated carbocycles. The van der Waals surface area contributed by atoms with Gasteiger partial charge in [0.2, 0.25) is 0 Å². The first-order valence-corrected chi connectivity index (χ1v) is 15.4. The predicted octanol–water partition coefficient (Wildman–Crippen LogP) is 6.59. The Morgan fingerprint density at radius 1 is 1.00 bits per heavy atom. The van der Waals surface area contributed by atoms with Crippen molar-refractivity contribution in [1.29, 1.82) is 0 Å². The van der Waals surface area contributed by atoms with Gasteiger partial charge in [0.25, 0.3) is 15.9 Å². The Balaban J connectivity index is 1.56. The Morgan fingerprint density at radius 3 is 2.29 bits per heavy atom. The van der Waals surface area contributed by atoms with Crippen LogP contribution in [0.25, 0.3) is 0 Å². The molecule has 0 bridgehead atoms. The lowest BCUT2D eigenvalue weighted by Crippen LogP contribution is -2.31. The zero-order valence-corrected chi connectivity index (χ0v) is 23.3. The molecule has 0 heterocycles. The molecule has 0 aliphatic heterocycles. The predicted molar refractivity (Wildman–Crippen MR) is 150 cm³/mol. The first kappa shape index (κ1) is 27.7. The fourth-order valence-corrected chi connectivity index (χ4v) is 6.60. The number of nitrogens with one attached hydrogen (secondary N) is 1. The fraction of sp³-hybridized carbons (Fsp3) is 0.240. The van der Waals surface area contributed by atoms with Crippen LogP contribution in [0.3, 0.4) is 0 Å². The Morgan fingerprint density at radius 2 is 1.69 bits per heavy atom. The minimum Gasteiger partial charge on any atom is -0.351 e. The average molecular weight is 570 g/mol. The van der Waals surface area contributed by atoms with Crippen molar-refractivity contribution in [3.63, 3.8) is 0 Å². The Kier molecular flexibility index (Phi) is 10.2. The molecule has 0 unspecified atom stereocenters. The average Bonchev–Trinajstić information content (AvgIpc) is 2.85. The lowest BCUT2D eigenvalue weighted by Gasteiger charge is -2.23. The number of thioether (sulfide) groups is 2. The Hall–Kier alpha value is -1.84. The van der Waals surface area contributed by atoms with Gasteiger partial charge in [-0.15, -0.1) is 11.8 Å². The van der Waals surface area contributed by atoms with Gasteiger partial charge in [-0.2, -0.15) is 11.8 Å².